The van der Waals surface area contributed by atoms with Gasteiger partial charge >= 0.3 is 5.96 Å². The molecule has 63 valence electrons. The molecule has 1 radical (unpaired) electrons. The molecule has 4 nitrogen and oxygen atoms in total. The largest absolute Gasteiger partial charge is 0.378 e. The number of nitrogens with one attached hydrogen (secondary N) is 1. The van der Waals surface area contributed by atoms with Gasteiger partial charge < -0.3 is 9.64 Å². The lowest BCUT2D eigenvalue weighted by atomic mass is 10.4. The Morgan fingerprint density at radius 1 is 1.36 bits per heavy atom. The van der Waals surface area contributed by atoms with Crippen molar-refractivity contribution in [3.05, 3.63) is 0 Å². The van der Waals surface area contributed by atoms with E-state index in [0.717, 1.165) is 26.3 Å². The Labute approximate surface area is 67.2 Å². The van der Waals surface area contributed by atoms with Gasteiger partial charge in [0.25, 0.3) is 0 Å². The standard InChI is InChI=1S/C7H15N3O/c1-9(2)7(8)10-3-5-11-6-4-10/h8H,3-6H2,1-2H3/q+1. The number of morpholine rings is 1. The fourth-order valence-electron chi connectivity index (χ4n) is 1.06. The van der Waals surface area contributed by atoms with E-state index in [1.165, 1.54) is 0 Å². The molecule has 0 aliphatic carbocycles. The predicted octanol–water partition coefficient (Wildman–Crippen LogP) is -0.347. The maximum Gasteiger partial charge on any atom is 0.346 e. The topological polar surface area (TPSA) is 42.2 Å². The average molecular weight is 157 g/mol. The molecule has 0 atom stereocenters. The molecule has 0 bridgehead atoms. The van der Waals surface area contributed by atoms with E-state index in [1.807, 2.05) is 23.9 Å². The summed E-state index contributed by atoms with van der Waals surface area (Å²) in [5.74, 6) is 0.577. The van der Waals surface area contributed by atoms with Crippen LogP contribution in [0.5, 0.6) is 0 Å². The summed E-state index contributed by atoms with van der Waals surface area (Å²) in [6.45, 7) is 3.18. The van der Waals surface area contributed by atoms with Crippen molar-refractivity contribution in [3.63, 3.8) is 0 Å². The molecule has 1 N–H and O–H groups in total. The SMILES string of the molecule is C[N+](C)C(=N)N1CCOCC1. The minimum atomic E-state index is 0.577. The van der Waals surface area contributed by atoms with Crippen molar-refractivity contribution < 1.29 is 4.74 Å². The van der Waals surface area contributed by atoms with Crippen LogP contribution in [0.1, 0.15) is 0 Å². The molecule has 0 aromatic heterocycles. The van der Waals surface area contributed by atoms with Crippen molar-refractivity contribution in [1.82, 2.24) is 9.80 Å². The molecule has 1 fully saturated rings. The molecule has 1 saturated heterocycles. The van der Waals surface area contributed by atoms with Crippen LogP contribution in [0.4, 0.5) is 0 Å². The van der Waals surface area contributed by atoms with Crippen LogP contribution in [-0.4, -0.2) is 51.3 Å². The second-order valence-electron chi connectivity index (χ2n) is 2.82. The molecule has 0 saturated carbocycles. The van der Waals surface area contributed by atoms with Gasteiger partial charge in [-0.1, -0.05) is 0 Å². The Morgan fingerprint density at radius 2 is 1.91 bits per heavy atom. The molecule has 0 aromatic carbocycles. The van der Waals surface area contributed by atoms with E-state index in [2.05, 4.69) is 0 Å². The highest BCUT2D eigenvalue weighted by Gasteiger charge is 2.21. The van der Waals surface area contributed by atoms with Crippen LogP contribution in [0.3, 0.4) is 0 Å². The zero-order chi connectivity index (χ0) is 8.27. The number of nitrogens with zero attached hydrogens (tertiary/aromatic N) is 2. The molecule has 4 heteroatoms. The Bertz CT molecular complexity index is 141. The molecule has 0 amide bonds. The summed E-state index contributed by atoms with van der Waals surface area (Å²) in [4.78, 5) is 3.83. The highest BCUT2D eigenvalue weighted by atomic mass is 16.5. The van der Waals surface area contributed by atoms with Crippen LogP contribution < -0.4 is 4.90 Å². The lowest BCUT2D eigenvalue weighted by molar-refractivity contribution is 0.0651. The van der Waals surface area contributed by atoms with E-state index >= 15 is 0 Å². The fourth-order valence-corrected chi connectivity index (χ4v) is 1.06. The normalized spacial score (nSPS) is 19.0. The van der Waals surface area contributed by atoms with Gasteiger partial charge in [0.2, 0.25) is 0 Å². The predicted molar refractivity (Wildman–Crippen MR) is 44.1 cm³/mol. The van der Waals surface area contributed by atoms with E-state index in [9.17, 15) is 0 Å². The number of guanidine groups is 1. The zero-order valence-corrected chi connectivity index (χ0v) is 7.13. The molecule has 1 aliphatic heterocycles. The Hall–Kier alpha value is -0.610. The third-order valence-corrected chi connectivity index (χ3v) is 1.73. The molecule has 1 aliphatic rings. The van der Waals surface area contributed by atoms with Crippen molar-refractivity contribution in [1.29, 1.82) is 5.41 Å². The van der Waals surface area contributed by atoms with E-state index in [4.69, 9.17) is 10.1 Å². The monoisotopic (exact) mass is 157 g/mol. The zero-order valence-electron chi connectivity index (χ0n) is 7.13. The number of ether oxygens (including phenoxy) is 1. The van der Waals surface area contributed by atoms with Gasteiger partial charge in [0.15, 0.2) is 0 Å². The highest BCUT2D eigenvalue weighted by molar-refractivity contribution is 5.78. The van der Waals surface area contributed by atoms with Crippen LogP contribution >= 0.6 is 0 Å². The number of rotatable bonds is 0. The Morgan fingerprint density at radius 3 is 2.36 bits per heavy atom. The third-order valence-electron chi connectivity index (χ3n) is 1.73. The molecule has 0 unspecified atom stereocenters. The maximum atomic E-state index is 7.63. The number of hydrogen-bond donors (Lipinski definition) is 1. The summed E-state index contributed by atoms with van der Waals surface area (Å²) in [6, 6.07) is 0. The summed E-state index contributed by atoms with van der Waals surface area (Å²) >= 11 is 0. The van der Waals surface area contributed by atoms with Gasteiger partial charge in [-0.25, -0.2) is 5.41 Å². The van der Waals surface area contributed by atoms with E-state index in [0.29, 0.717) is 5.96 Å². The van der Waals surface area contributed by atoms with Gasteiger partial charge in [-0.2, -0.15) is 0 Å². The van der Waals surface area contributed by atoms with Crippen LogP contribution in [0.15, 0.2) is 0 Å². The van der Waals surface area contributed by atoms with Gasteiger partial charge in [-0.05, 0) is 0 Å². The first-order valence-corrected chi connectivity index (χ1v) is 3.80. The molecule has 1 rings (SSSR count). The summed E-state index contributed by atoms with van der Waals surface area (Å²) in [6.07, 6.45) is 0. The maximum absolute atomic E-state index is 7.63. The van der Waals surface area contributed by atoms with Crippen LogP contribution in [-0.2, 0) is 4.74 Å². The molecular formula is C7H15N3O+. The lowest BCUT2D eigenvalue weighted by Gasteiger charge is -2.26. The summed E-state index contributed by atoms with van der Waals surface area (Å²) < 4.78 is 5.17. The van der Waals surface area contributed by atoms with E-state index in [-0.39, 0.29) is 0 Å². The molecule has 11 heavy (non-hydrogen) atoms. The van der Waals surface area contributed by atoms with Gasteiger partial charge in [-0.3, -0.25) is 0 Å². The minimum Gasteiger partial charge on any atom is -0.378 e. The van der Waals surface area contributed by atoms with Crippen molar-refractivity contribution in [2.75, 3.05) is 40.4 Å². The van der Waals surface area contributed by atoms with Crippen LogP contribution in [0, 0.1) is 5.41 Å². The van der Waals surface area contributed by atoms with E-state index in [1.54, 1.807) is 0 Å². The van der Waals surface area contributed by atoms with Gasteiger partial charge in [-0.15, -0.1) is 4.90 Å². The van der Waals surface area contributed by atoms with Crippen LogP contribution in [0.25, 0.3) is 0 Å². The highest BCUT2D eigenvalue weighted by Crippen LogP contribution is 1.97. The first kappa shape index (κ1) is 8.49. The third kappa shape index (κ3) is 2.17. The first-order valence-electron chi connectivity index (χ1n) is 3.80. The summed E-state index contributed by atoms with van der Waals surface area (Å²) in [5.41, 5.74) is 0. The summed E-state index contributed by atoms with van der Waals surface area (Å²) in [7, 11) is 3.77. The molecular weight excluding hydrogens is 142 g/mol. The van der Waals surface area contributed by atoms with Gasteiger partial charge in [0.05, 0.1) is 13.2 Å². The molecule has 0 spiro atoms. The van der Waals surface area contributed by atoms with Crippen molar-refractivity contribution in [3.8, 4) is 0 Å². The van der Waals surface area contributed by atoms with Gasteiger partial charge in [0, 0.05) is 13.1 Å². The fraction of sp³-hybridized carbons (Fsp3) is 0.857. The van der Waals surface area contributed by atoms with E-state index < -0.39 is 0 Å². The smallest absolute Gasteiger partial charge is 0.346 e. The molecule has 1 heterocycles. The average Bonchev–Trinajstić information content (AvgIpc) is 2.05. The quantitative estimate of drug-likeness (QED) is 0.297. The second-order valence-corrected chi connectivity index (χ2v) is 2.82. The Kier molecular flexibility index (Phi) is 2.84. The number of hydrogen-bond acceptors (Lipinski definition) is 2. The summed E-state index contributed by atoms with van der Waals surface area (Å²) in [5, 5.41) is 7.63. The van der Waals surface area contributed by atoms with Crippen LogP contribution in [0.2, 0.25) is 0 Å². The van der Waals surface area contributed by atoms with Crippen molar-refractivity contribution >= 4 is 5.96 Å². The molecule has 0 aromatic rings. The first-order chi connectivity index (χ1) is 5.22. The second kappa shape index (κ2) is 3.69. The van der Waals surface area contributed by atoms with Gasteiger partial charge in [0.1, 0.15) is 14.1 Å². The minimum absolute atomic E-state index is 0.577. The lowest BCUT2D eigenvalue weighted by Crippen LogP contribution is -2.48. The Balaban J connectivity index is 2.39. The van der Waals surface area contributed by atoms with Crippen molar-refractivity contribution in [2.24, 2.45) is 0 Å². The van der Waals surface area contributed by atoms with Crippen molar-refractivity contribution in [2.45, 2.75) is 0 Å².